The first-order valence-electron chi connectivity index (χ1n) is 8.83. The Balaban J connectivity index is 1.60. The number of hydrogen-bond donors (Lipinski definition) is 0. The SMILES string of the molecule is CCOC(=O)c1ccc(N2CN=c3sc(=Cc4cccnc4)c(=O)n3C2)cc1. The summed E-state index contributed by atoms with van der Waals surface area (Å²) in [5.41, 5.74) is 2.20. The number of nitrogens with zero attached hydrogens (tertiary/aromatic N) is 4. The van der Waals surface area contributed by atoms with Crippen LogP contribution in [0.25, 0.3) is 6.08 Å². The van der Waals surface area contributed by atoms with E-state index in [1.165, 1.54) is 11.3 Å². The number of rotatable bonds is 4. The van der Waals surface area contributed by atoms with Crippen molar-refractivity contribution in [2.75, 3.05) is 18.2 Å². The lowest BCUT2D eigenvalue weighted by molar-refractivity contribution is 0.0526. The molecule has 1 aliphatic rings. The maximum Gasteiger partial charge on any atom is 0.338 e. The van der Waals surface area contributed by atoms with Crippen LogP contribution in [0.2, 0.25) is 0 Å². The smallest absolute Gasteiger partial charge is 0.338 e. The van der Waals surface area contributed by atoms with Crippen molar-refractivity contribution in [1.29, 1.82) is 0 Å². The summed E-state index contributed by atoms with van der Waals surface area (Å²) in [5, 5.41) is 0. The van der Waals surface area contributed by atoms with Gasteiger partial charge in [-0.25, -0.2) is 9.79 Å². The zero-order valence-electron chi connectivity index (χ0n) is 15.2. The predicted octanol–water partition coefficient (Wildman–Crippen LogP) is 1.37. The van der Waals surface area contributed by atoms with E-state index in [0.29, 0.717) is 34.8 Å². The van der Waals surface area contributed by atoms with Crippen molar-refractivity contribution >= 4 is 29.1 Å². The molecule has 0 radical (unpaired) electrons. The molecule has 0 saturated carbocycles. The highest BCUT2D eigenvalue weighted by atomic mass is 32.1. The first-order chi connectivity index (χ1) is 13.7. The van der Waals surface area contributed by atoms with E-state index in [2.05, 4.69) is 9.98 Å². The number of benzene rings is 1. The summed E-state index contributed by atoms with van der Waals surface area (Å²) in [4.78, 5) is 35.9. The number of carbonyl (C=O) groups is 1. The number of carbonyl (C=O) groups excluding carboxylic acids is 1. The molecule has 2 aromatic heterocycles. The molecule has 3 heterocycles. The largest absolute Gasteiger partial charge is 0.462 e. The van der Waals surface area contributed by atoms with Crippen LogP contribution >= 0.6 is 11.3 Å². The minimum absolute atomic E-state index is 0.0690. The Kier molecular flexibility index (Phi) is 5.03. The van der Waals surface area contributed by atoms with Gasteiger partial charge in [-0.1, -0.05) is 17.4 Å². The summed E-state index contributed by atoms with van der Waals surface area (Å²) < 4.78 is 7.30. The molecule has 0 N–H and O–H groups in total. The van der Waals surface area contributed by atoms with Crippen molar-refractivity contribution in [2.24, 2.45) is 4.99 Å². The summed E-state index contributed by atoms with van der Waals surface area (Å²) in [6.45, 7) is 2.98. The zero-order chi connectivity index (χ0) is 19.5. The predicted molar refractivity (Wildman–Crippen MR) is 107 cm³/mol. The molecule has 1 aromatic carbocycles. The molecular weight excluding hydrogens is 376 g/mol. The van der Waals surface area contributed by atoms with E-state index in [1.807, 2.05) is 35.2 Å². The molecule has 4 rings (SSSR count). The second-order valence-corrected chi connectivity index (χ2v) is 7.17. The highest BCUT2D eigenvalue weighted by molar-refractivity contribution is 7.07. The van der Waals surface area contributed by atoms with Gasteiger partial charge in [0.25, 0.3) is 5.56 Å². The first kappa shape index (κ1) is 18.1. The Hall–Kier alpha value is -3.26. The fraction of sp³-hybridized carbons (Fsp3) is 0.200. The highest BCUT2D eigenvalue weighted by Crippen LogP contribution is 2.17. The molecule has 28 heavy (non-hydrogen) atoms. The van der Waals surface area contributed by atoms with Gasteiger partial charge in [0.05, 0.1) is 16.7 Å². The topological polar surface area (TPSA) is 76.8 Å². The zero-order valence-corrected chi connectivity index (χ0v) is 16.1. The minimum Gasteiger partial charge on any atom is -0.462 e. The van der Waals surface area contributed by atoms with Gasteiger partial charge in [-0.2, -0.15) is 0 Å². The Morgan fingerprint density at radius 1 is 1.29 bits per heavy atom. The quantitative estimate of drug-likeness (QED) is 0.625. The maximum atomic E-state index is 12.8. The number of thiazole rings is 1. The van der Waals surface area contributed by atoms with Gasteiger partial charge in [0.2, 0.25) is 0 Å². The van der Waals surface area contributed by atoms with Crippen LogP contribution in [-0.2, 0) is 11.4 Å². The maximum absolute atomic E-state index is 12.8. The van der Waals surface area contributed by atoms with Crippen LogP contribution in [0.1, 0.15) is 22.8 Å². The third-order valence-electron chi connectivity index (χ3n) is 4.30. The molecule has 3 aromatic rings. The second-order valence-electron chi connectivity index (χ2n) is 6.16. The fourth-order valence-corrected chi connectivity index (χ4v) is 3.87. The lowest BCUT2D eigenvalue weighted by Gasteiger charge is -2.25. The molecule has 0 unspecified atom stereocenters. The highest BCUT2D eigenvalue weighted by Gasteiger charge is 2.16. The van der Waals surface area contributed by atoms with Crippen LogP contribution in [0.4, 0.5) is 5.69 Å². The average molecular weight is 394 g/mol. The summed E-state index contributed by atoms with van der Waals surface area (Å²) >= 11 is 1.38. The number of fused-ring (bicyclic) bond motifs is 1. The van der Waals surface area contributed by atoms with E-state index in [0.717, 1.165) is 11.3 Å². The van der Waals surface area contributed by atoms with Crippen LogP contribution in [0.15, 0.2) is 58.6 Å². The average Bonchev–Trinajstić information content (AvgIpc) is 3.04. The molecule has 0 amide bonds. The molecule has 8 heteroatoms. The van der Waals surface area contributed by atoms with Crippen LogP contribution in [0, 0.1) is 0 Å². The molecule has 7 nitrogen and oxygen atoms in total. The van der Waals surface area contributed by atoms with Crippen molar-refractivity contribution in [3.05, 3.63) is 79.6 Å². The summed E-state index contributed by atoms with van der Waals surface area (Å²) in [6, 6.07) is 10.9. The first-order valence-corrected chi connectivity index (χ1v) is 9.65. The van der Waals surface area contributed by atoms with E-state index in [9.17, 15) is 9.59 Å². The van der Waals surface area contributed by atoms with Crippen molar-refractivity contribution in [3.63, 3.8) is 0 Å². The fourth-order valence-electron chi connectivity index (χ4n) is 2.91. The van der Waals surface area contributed by atoms with Gasteiger partial charge >= 0.3 is 5.97 Å². The van der Waals surface area contributed by atoms with Gasteiger partial charge in [0, 0.05) is 18.1 Å². The van der Waals surface area contributed by atoms with Crippen molar-refractivity contribution in [2.45, 2.75) is 13.6 Å². The van der Waals surface area contributed by atoms with Gasteiger partial charge in [0.1, 0.15) is 13.3 Å². The Morgan fingerprint density at radius 3 is 2.82 bits per heavy atom. The molecule has 0 fully saturated rings. The van der Waals surface area contributed by atoms with Gasteiger partial charge in [-0.05, 0) is 48.9 Å². The number of aromatic nitrogens is 2. The van der Waals surface area contributed by atoms with E-state index < -0.39 is 0 Å². The Bertz CT molecular complexity index is 1170. The Labute approximate surface area is 164 Å². The van der Waals surface area contributed by atoms with Crippen LogP contribution in [0.5, 0.6) is 0 Å². The number of ether oxygens (including phenoxy) is 1. The molecule has 0 bridgehead atoms. The number of hydrogen-bond acceptors (Lipinski definition) is 7. The van der Waals surface area contributed by atoms with E-state index in [-0.39, 0.29) is 11.5 Å². The third-order valence-corrected chi connectivity index (χ3v) is 5.35. The van der Waals surface area contributed by atoms with Crippen molar-refractivity contribution in [3.8, 4) is 0 Å². The summed E-state index contributed by atoms with van der Waals surface area (Å²) in [5.74, 6) is -0.343. The summed E-state index contributed by atoms with van der Waals surface area (Å²) in [7, 11) is 0. The molecular formula is C20H18N4O3S. The lowest BCUT2D eigenvalue weighted by Crippen LogP contribution is -2.42. The van der Waals surface area contributed by atoms with Crippen LogP contribution in [0.3, 0.4) is 0 Å². The molecule has 0 spiro atoms. The molecule has 142 valence electrons. The normalized spacial score (nSPS) is 13.8. The van der Waals surface area contributed by atoms with Gasteiger partial charge < -0.3 is 9.64 Å². The second kappa shape index (κ2) is 7.77. The number of esters is 1. The standard InChI is InChI=1S/C20H18N4O3S/c1-2-27-19(26)15-5-7-16(8-6-15)23-12-22-20-24(13-23)18(25)17(28-20)10-14-4-3-9-21-11-14/h3-11H,2,12-13H2,1H3. The van der Waals surface area contributed by atoms with E-state index in [4.69, 9.17) is 4.74 Å². The lowest BCUT2D eigenvalue weighted by atomic mass is 10.2. The minimum atomic E-state index is -0.343. The van der Waals surface area contributed by atoms with Crippen molar-refractivity contribution < 1.29 is 9.53 Å². The molecule has 0 atom stereocenters. The molecule has 1 aliphatic heterocycles. The van der Waals surface area contributed by atoms with Gasteiger partial charge in [0.15, 0.2) is 4.80 Å². The number of anilines is 1. The van der Waals surface area contributed by atoms with Gasteiger partial charge in [-0.3, -0.25) is 14.3 Å². The molecule has 0 aliphatic carbocycles. The number of pyridine rings is 1. The van der Waals surface area contributed by atoms with Gasteiger partial charge in [-0.15, -0.1) is 0 Å². The van der Waals surface area contributed by atoms with E-state index >= 15 is 0 Å². The Morgan fingerprint density at radius 2 is 2.11 bits per heavy atom. The van der Waals surface area contributed by atoms with Crippen LogP contribution < -0.4 is 19.8 Å². The van der Waals surface area contributed by atoms with E-state index in [1.54, 1.807) is 36.0 Å². The molecule has 0 saturated heterocycles. The monoisotopic (exact) mass is 394 g/mol. The third kappa shape index (κ3) is 3.59. The van der Waals surface area contributed by atoms with Crippen LogP contribution in [-0.4, -0.2) is 28.8 Å². The summed E-state index contributed by atoms with van der Waals surface area (Å²) in [6.07, 6.45) is 5.25. The van der Waals surface area contributed by atoms with Crippen molar-refractivity contribution in [1.82, 2.24) is 9.55 Å².